The molecule has 1 amide bonds. The van der Waals surface area contributed by atoms with Gasteiger partial charge in [-0.2, -0.15) is 0 Å². The lowest BCUT2D eigenvalue weighted by Gasteiger charge is -2.29. The summed E-state index contributed by atoms with van der Waals surface area (Å²) in [5.74, 6) is 0.464. The van der Waals surface area contributed by atoms with Crippen LogP contribution in [0.25, 0.3) is 0 Å². The molecule has 0 unspecified atom stereocenters. The van der Waals surface area contributed by atoms with E-state index < -0.39 is 0 Å². The third-order valence-corrected chi connectivity index (χ3v) is 5.32. The monoisotopic (exact) mass is 382 g/mol. The highest BCUT2D eigenvalue weighted by Crippen LogP contribution is 2.20. The van der Waals surface area contributed by atoms with E-state index in [2.05, 4.69) is 65.8 Å². The number of carbonyl (C=O) groups is 1. The standard InChI is InChI=1S/C23H31N3O2/c1-17(2)22(19-7-5-4-6-8-19)24-18(3)23(27)25-20-9-11-21(12-10-20)26-13-15-28-16-14-26/h4-12,17-18,22,24H,13-16H2,1-3H3,(H,25,27)/p+1/t18-,22+/m1/s1. The normalized spacial score (nSPS) is 16.6. The van der Waals surface area contributed by atoms with Crippen molar-refractivity contribution >= 4 is 17.3 Å². The minimum absolute atomic E-state index is 0.0284. The van der Waals surface area contributed by atoms with Crippen LogP contribution in [0.5, 0.6) is 0 Å². The summed E-state index contributed by atoms with van der Waals surface area (Å²) in [5.41, 5.74) is 3.26. The van der Waals surface area contributed by atoms with E-state index >= 15 is 0 Å². The number of benzene rings is 2. The van der Waals surface area contributed by atoms with Gasteiger partial charge in [-0.1, -0.05) is 44.2 Å². The number of hydrogen-bond acceptors (Lipinski definition) is 3. The van der Waals surface area contributed by atoms with Crippen LogP contribution in [-0.4, -0.2) is 38.3 Å². The highest BCUT2D eigenvalue weighted by atomic mass is 16.5. The molecule has 0 aromatic heterocycles. The number of rotatable bonds is 7. The van der Waals surface area contributed by atoms with Gasteiger partial charge in [-0.25, -0.2) is 0 Å². The summed E-state index contributed by atoms with van der Waals surface area (Å²) >= 11 is 0. The second-order valence-corrected chi connectivity index (χ2v) is 7.80. The van der Waals surface area contributed by atoms with Crippen molar-refractivity contribution < 1.29 is 14.8 Å². The topological polar surface area (TPSA) is 58.2 Å². The lowest BCUT2D eigenvalue weighted by molar-refractivity contribution is -0.718. The van der Waals surface area contributed by atoms with Crippen molar-refractivity contribution in [2.75, 3.05) is 36.5 Å². The Bertz CT molecular complexity index is 740. The Morgan fingerprint density at radius 2 is 1.64 bits per heavy atom. The number of nitrogens with zero attached hydrogens (tertiary/aromatic N) is 1. The van der Waals surface area contributed by atoms with Crippen molar-refractivity contribution in [3.8, 4) is 0 Å². The zero-order valence-electron chi connectivity index (χ0n) is 17.1. The molecule has 3 N–H and O–H groups in total. The molecule has 0 radical (unpaired) electrons. The van der Waals surface area contributed by atoms with Gasteiger partial charge in [-0.05, 0) is 31.2 Å². The second-order valence-electron chi connectivity index (χ2n) is 7.80. The first-order valence-electron chi connectivity index (χ1n) is 10.2. The molecule has 5 heteroatoms. The fourth-order valence-electron chi connectivity index (χ4n) is 3.63. The Morgan fingerprint density at radius 1 is 1.00 bits per heavy atom. The number of amides is 1. The van der Waals surface area contributed by atoms with Gasteiger partial charge in [0.25, 0.3) is 5.91 Å². The van der Waals surface area contributed by atoms with Crippen molar-refractivity contribution in [1.82, 2.24) is 0 Å². The van der Waals surface area contributed by atoms with E-state index in [1.165, 1.54) is 11.3 Å². The number of nitrogens with two attached hydrogens (primary N) is 1. The maximum atomic E-state index is 12.7. The minimum Gasteiger partial charge on any atom is -0.378 e. The first-order chi connectivity index (χ1) is 13.5. The van der Waals surface area contributed by atoms with E-state index in [-0.39, 0.29) is 18.0 Å². The van der Waals surface area contributed by atoms with E-state index in [0.29, 0.717) is 5.92 Å². The summed E-state index contributed by atoms with van der Waals surface area (Å²) < 4.78 is 5.40. The molecule has 2 atom stereocenters. The summed E-state index contributed by atoms with van der Waals surface area (Å²) in [6, 6.07) is 18.6. The van der Waals surface area contributed by atoms with E-state index in [9.17, 15) is 4.79 Å². The number of hydrogen-bond donors (Lipinski definition) is 2. The Hall–Kier alpha value is -2.37. The molecule has 150 valence electrons. The van der Waals surface area contributed by atoms with Gasteiger partial charge in [0.15, 0.2) is 6.04 Å². The summed E-state index contributed by atoms with van der Waals surface area (Å²) in [6.07, 6.45) is 0. The Balaban J connectivity index is 1.58. The molecule has 0 aliphatic carbocycles. The molecule has 3 rings (SSSR count). The van der Waals surface area contributed by atoms with Crippen LogP contribution in [0.4, 0.5) is 11.4 Å². The van der Waals surface area contributed by atoms with Gasteiger partial charge in [-0.3, -0.25) is 4.79 Å². The molecular formula is C23H32N3O2+. The lowest BCUT2D eigenvalue weighted by Crippen LogP contribution is -2.93. The van der Waals surface area contributed by atoms with E-state index in [4.69, 9.17) is 4.74 Å². The Kier molecular flexibility index (Phi) is 7.06. The van der Waals surface area contributed by atoms with Crippen LogP contribution >= 0.6 is 0 Å². The third kappa shape index (κ3) is 5.33. The molecular weight excluding hydrogens is 350 g/mol. The smallest absolute Gasteiger partial charge is 0.282 e. The maximum Gasteiger partial charge on any atom is 0.282 e. The summed E-state index contributed by atoms with van der Waals surface area (Å²) in [7, 11) is 0. The first kappa shape index (κ1) is 20.4. The minimum atomic E-state index is -0.175. The summed E-state index contributed by atoms with van der Waals surface area (Å²) in [5, 5.41) is 5.22. The van der Waals surface area contributed by atoms with Crippen molar-refractivity contribution in [3.63, 3.8) is 0 Å². The van der Waals surface area contributed by atoms with Gasteiger partial charge in [0.2, 0.25) is 0 Å². The number of ether oxygens (including phenoxy) is 1. The molecule has 1 aliphatic heterocycles. The average Bonchev–Trinajstić information content (AvgIpc) is 2.73. The van der Waals surface area contributed by atoms with Gasteiger partial charge in [-0.15, -0.1) is 0 Å². The summed E-state index contributed by atoms with van der Waals surface area (Å²) in [4.78, 5) is 15.0. The molecule has 2 aromatic carbocycles. The molecule has 28 heavy (non-hydrogen) atoms. The van der Waals surface area contributed by atoms with Crippen LogP contribution in [0.2, 0.25) is 0 Å². The van der Waals surface area contributed by atoms with Gasteiger partial charge in [0, 0.05) is 35.9 Å². The molecule has 2 aromatic rings. The first-order valence-corrected chi connectivity index (χ1v) is 10.2. The SMILES string of the molecule is CC(C)[C@H]([NH2+][C@H](C)C(=O)Nc1ccc(N2CCOCC2)cc1)c1ccccc1. The predicted octanol–water partition coefficient (Wildman–Crippen LogP) is 2.81. The van der Waals surface area contributed by atoms with Gasteiger partial charge >= 0.3 is 0 Å². The van der Waals surface area contributed by atoms with E-state index in [1.54, 1.807) is 0 Å². The van der Waals surface area contributed by atoms with Crippen molar-refractivity contribution in [2.24, 2.45) is 5.92 Å². The van der Waals surface area contributed by atoms with Crippen LogP contribution in [0.1, 0.15) is 32.4 Å². The number of quaternary nitrogens is 1. The molecule has 1 saturated heterocycles. The van der Waals surface area contributed by atoms with Crippen molar-refractivity contribution in [1.29, 1.82) is 0 Å². The fourth-order valence-corrected chi connectivity index (χ4v) is 3.63. The molecule has 1 heterocycles. The van der Waals surface area contributed by atoms with Gasteiger partial charge < -0.3 is 20.3 Å². The number of nitrogens with one attached hydrogen (secondary N) is 1. The maximum absolute atomic E-state index is 12.7. The number of carbonyl (C=O) groups excluding carboxylic acids is 1. The van der Waals surface area contributed by atoms with Crippen LogP contribution < -0.4 is 15.5 Å². The molecule has 0 saturated carbocycles. The van der Waals surface area contributed by atoms with E-state index in [0.717, 1.165) is 32.0 Å². The molecule has 0 bridgehead atoms. The van der Waals surface area contributed by atoms with Gasteiger partial charge in [0.1, 0.15) is 6.04 Å². The summed E-state index contributed by atoms with van der Waals surface area (Å²) in [6.45, 7) is 9.72. The highest BCUT2D eigenvalue weighted by Gasteiger charge is 2.25. The van der Waals surface area contributed by atoms with Crippen molar-refractivity contribution in [3.05, 3.63) is 60.2 Å². The molecule has 5 nitrogen and oxygen atoms in total. The highest BCUT2D eigenvalue weighted by molar-refractivity contribution is 5.93. The zero-order valence-corrected chi connectivity index (χ0v) is 17.1. The molecule has 1 fully saturated rings. The molecule has 1 aliphatic rings. The van der Waals surface area contributed by atoms with E-state index in [1.807, 2.05) is 25.1 Å². The van der Waals surface area contributed by atoms with Crippen LogP contribution in [0.3, 0.4) is 0 Å². The van der Waals surface area contributed by atoms with Crippen molar-refractivity contribution in [2.45, 2.75) is 32.9 Å². The Morgan fingerprint density at radius 3 is 2.25 bits per heavy atom. The largest absolute Gasteiger partial charge is 0.378 e. The van der Waals surface area contributed by atoms with Crippen LogP contribution in [0.15, 0.2) is 54.6 Å². The van der Waals surface area contributed by atoms with Crippen LogP contribution in [0, 0.1) is 5.92 Å². The van der Waals surface area contributed by atoms with Gasteiger partial charge in [0.05, 0.1) is 13.2 Å². The third-order valence-electron chi connectivity index (χ3n) is 5.32. The number of anilines is 2. The molecule has 0 spiro atoms. The van der Waals surface area contributed by atoms with Crippen LogP contribution in [-0.2, 0) is 9.53 Å². The predicted molar refractivity (Wildman–Crippen MR) is 114 cm³/mol. The Labute approximate surface area is 168 Å². The zero-order chi connectivity index (χ0) is 19.9. The number of morpholine rings is 1. The quantitative estimate of drug-likeness (QED) is 0.774. The lowest BCUT2D eigenvalue weighted by atomic mass is 9.95. The fraction of sp³-hybridized carbons (Fsp3) is 0.435. The second kappa shape index (κ2) is 9.71. The average molecular weight is 383 g/mol.